The molecule has 0 saturated carbocycles. The largest absolute Gasteiger partial charge is 0.394 e. The average Bonchev–Trinajstić information content (AvgIpc) is 3.69. The fourth-order valence-corrected chi connectivity index (χ4v) is 7.25. The minimum absolute atomic E-state index is 0.0360. The third-order valence-corrected chi connectivity index (χ3v) is 10.7. The van der Waals surface area contributed by atoms with Crippen LogP contribution in [0, 0.1) is 17.8 Å². The van der Waals surface area contributed by atoms with Crippen LogP contribution in [0.25, 0.3) is 0 Å². The van der Waals surface area contributed by atoms with Gasteiger partial charge in [0.2, 0.25) is 47.3 Å². The zero-order chi connectivity index (χ0) is 46.1. The van der Waals surface area contributed by atoms with Gasteiger partial charge in [-0.1, -0.05) is 78.3 Å². The van der Waals surface area contributed by atoms with Crippen molar-refractivity contribution in [3.05, 3.63) is 35.9 Å². The van der Waals surface area contributed by atoms with E-state index in [-0.39, 0.29) is 43.6 Å². The van der Waals surface area contributed by atoms with Crippen molar-refractivity contribution in [2.75, 3.05) is 13.2 Å². The van der Waals surface area contributed by atoms with E-state index >= 15 is 0 Å². The first-order valence-corrected chi connectivity index (χ1v) is 21.0. The SMILES string of the molecule is CCC(C)C(NC(=O)C(NC(C)=O)C(C)C)C(=O)N1CCC[C@H]1[C@H](O)[C@@H](O)[C@H](Cc1ccccc1)NC(=O)C(CC(N)=O)NC(=O)C(CC(C)C)NC(=O)C(CO)NC(C)=O. The van der Waals surface area contributed by atoms with Gasteiger partial charge in [0.25, 0.3) is 0 Å². The monoisotopic (exact) mass is 861 g/mol. The number of benzene rings is 1. The molecule has 6 unspecified atom stereocenters. The Labute approximate surface area is 358 Å². The summed E-state index contributed by atoms with van der Waals surface area (Å²) in [6.45, 7) is 12.6. The first kappa shape index (κ1) is 52.0. The average molecular weight is 861 g/mol. The summed E-state index contributed by atoms with van der Waals surface area (Å²) in [5.41, 5.74) is 6.14. The third-order valence-electron chi connectivity index (χ3n) is 10.7. The molecule has 1 aromatic carbocycles. The number of aliphatic hydroxyl groups excluding tert-OH is 3. The Morgan fingerprint density at radius 1 is 0.754 bits per heavy atom. The van der Waals surface area contributed by atoms with Crippen LogP contribution in [0.4, 0.5) is 0 Å². The van der Waals surface area contributed by atoms with E-state index in [1.54, 1.807) is 65.0 Å². The van der Waals surface area contributed by atoms with Gasteiger partial charge in [-0.3, -0.25) is 38.4 Å². The molecule has 342 valence electrons. The van der Waals surface area contributed by atoms with Crippen LogP contribution in [0.1, 0.15) is 93.1 Å². The van der Waals surface area contributed by atoms with Crippen LogP contribution in [0.5, 0.6) is 0 Å². The summed E-state index contributed by atoms with van der Waals surface area (Å²) in [4.78, 5) is 105. The van der Waals surface area contributed by atoms with Gasteiger partial charge >= 0.3 is 0 Å². The van der Waals surface area contributed by atoms with Crippen molar-refractivity contribution >= 4 is 47.3 Å². The van der Waals surface area contributed by atoms with E-state index in [0.29, 0.717) is 18.4 Å². The third kappa shape index (κ3) is 16.3. The van der Waals surface area contributed by atoms with Crippen LogP contribution in [0.3, 0.4) is 0 Å². The number of amides is 8. The first-order valence-electron chi connectivity index (χ1n) is 21.0. The van der Waals surface area contributed by atoms with E-state index in [2.05, 4.69) is 31.9 Å². The Kier molecular flexibility index (Phi) is 21.3. The van der Waals surface area contributed by atoms with Crippen LogP contribution in [0.15, 0.2) is 30.3 Å². The highest BCUT2D eigenvalue weighted by atomic mass is 16.3. The van der Waals surface area contributed by atoms with E-state index in [1.165, 1.54) is 11.8 Å². The number of carbonyl (C=O) groups excluding carboxylic acids is 8. The molecule has 1 heterocycles. The van der Waals surface area contributed by atoms with Crippen LogP contribution < -0.4 is 37.6 Å². The molecule has 2 rings (SSSR count). The molecule has 61 heavy (non-hydrogen) atoms. The fraction of sp³-hybridized carbons (Fsp3) is 0.667. The van der Waals surface area contributed by atoms with Crippen LogP contribution >= 0.6 is 0 Å². The lowest BCUT2D eigenvalue weighted by atomic mass is 9.91. The molecule has 1 saturated heterocycles. The Hall–Kier alpha value is -5.14. The molecule has 0 spiro atoms. The van der Waals surface area contributed by atoms with Gasteiger partial charge in [0.05, 0.1) is 25.1 Å². The Morgan fingerprint density at radius 2 is 1.33 bits per heavy atom. The fourth-order valence-electron chi connectivity index (χ4n) is 7.25. The molecule has 0 aliphatic carbocycles. The van der Waals surface area contributed by atoms with Crippen molar-refractivity contribution in [2.45, 2.75) is 148 Å². The standard InChI is InChI=1S/C42H68N8O11/c1-9-24(6)35(49-41(60)34(23(4)5)45-26(8)53)42(61)50-17-13-16-32(50)37(56)36(55)28(19-27-14-11-10-12-15-27)46-39(58)30(20-33(43)54)48-38(57)29(18-22(2)3)47-40(59)31(21-51)44-25(7)52/h10-12,14-15,22-24,28-32,34-37,51,55-56H,9,13,16-21H2,1-8H3,(H2,43,54)(H,44,52)(H,45,53)(H,46,58)(H,47,59)(H,48,57)(H,49,60)/t24?,28-,29?,30?,31?,32-,34?,35?,36-,37-/m0/s1. The van der Waals surface area contributed by atoms with Crippen LogP contribution in [-0.2, 0) is 44.8 Å². The Morgan fingerprint density at radius 3 is 1.85 bits per heavy atom. The minimum Gasteiger partial charge on any atom is -0.394 e. The maximum absolute atomic E-state index is 14.3. The van der Waals surface area contributed by atoms with Gasteiger partial charge in [0, 0.05) is 20.4 Å². The number of likely N-dealkylation sites (tertiary alicyclic amines) is 1. The molecular formula is C42H68N8O11. The topological polar surface area (TPSA) is 299 Å². The highest BCUT2D eigenvalue weighted by Crippen LogP contribution is 2.26. The zero-order valence-electron chi connectivity index (χ0n) is 36.6. The number of nitrogens with two attached hydrogens (primary N) is 1. The molecule has 19 heteroatoms. The highest BCUT2D eigenvalue weighted by Gasteiger charge is 2.44. The lowest BCUT2D eigenvalue weighted by Crippen LogP contribution is -2.62. The summed E-state index contributed by atoms with van der Waals surface area (Å²) in [6, 6.07) is 0.320. The number of nitrogens with one attached hydrogen (secondary N) is 6. The number of hydrogen-bond donors (Lipinski definition) is 10. The summed E-state index contributed by atoms with van der Waals surface area (Å²) < 4.78 is 0. The molecule has 0 bridgehead atoms. The van der Waals surface area contributed by atoms with Crippen LogP contribution in [-0.4, -0.2) is 135 Å². The quantitative estimate of drug-likeness (QED) is 0.0571. The van der Waals surface area contributed by atoms with E-state index in [4.69, 9.17) is 5.73 Å². The number of carbonyl (C=O) groups is 8. The van der Waals surface area contributed by atoms with Gasteiger partial charge in [-0.15, -0.1) is 0 Å². The van der Waals surface area contributed by atoms with Gasteiger partial charge < -0.3 is 57.9 Å². The summed E-state index contributed by atoms with van der Waals surface area (Å²) >= 11 is 0. The predicted octanol–water partition coefficient (Wildman–Crippen LogP) is -1.49. The smallest absolute Gasteiger partial charge is 0.245 e. The summed E-state index contributed by atoms with van der Waals surface area (Å²) in [6.07, 6.45) is -2.76. The number of rotatable bonds is 24. The van der Waals surface area contributed by atoms with Gasteiger partial charge in [-0.25, -0.2) is 0 Å². The zero-order valence-corrected chi connectivity index (χ0v) is 36.6. The van der Waals surface area contributed by atoms with Crippen LogP contribution in [0.2, 0.25) is 0 Å². The van der Waals surface area contributed by atoms with E-state index < -0.39 is 115 Å². The maximum atomic E-state index is 14.3. The molecule has 19 nitrogen and oxygen atoms in total. The van der Waals surface area contributed by atoms with Crippen molar-refractivity contribution in [3.63, 3.8) is 0 Å². The lowest BCUT2D eigenvalue weighted by Gasteiger charge is -2.38. The summed E-state index contributed by atoms with van der Waals surface area (Å²) in [5, 5.41) is 48.8. The van der Waals surface area contributed by atoms with Gasteiger partial charge in [0.1, 0.15) is 42.4 Å². The molecule has 0 aromatic heterocycles. The molecule has 1 aliphatic rings. The van der Waals surface area contributed by atoms with Crippen molar-refractivity contribution in [2.24, 2.45) is 23.5 Å². The van der Waals surface area contributed by atoms with Gasteiger partial charge in [-0.05, 0) is 49.0 Å². The highest BCUT2D eigenvalue weighted by molar-refractivity contribution is 5.96. The number of primary amides is 1. The molecule has 1 aliphatic heterocycles. The summed E-state index contributed by atoms with van der Waals surface area (Å²) in [5.74, 6) is -6.49. The lowest BCUT2D eigenvalue weighted by molar-refractivity contribution is -0.143. The minimum atomic E-state index is -1.72. The van der Waals surface area contributed by atoms with E-state index in [0.717, 1.165) is 6.92 Å². The molecule has 0 radical (unpaired) electrons. The Bertz CT molecular complexity index is 1660. The molecular weight excluding hydrogens is 793 g/mol. The second-order valence-electron chi connectivity index (χ2n) is 16.7. The second kappa shape index (κ2) is 25.0. The first-order chi connectivity index (χ1) is 28.6. The maximum Gasteiger partial charge on any atom is 0.245 e. The predicted molar refractivity (Wildman–Crippen MR) is 224 cm³/mol. The number of nitrogens with zero attached hydrogens (tertiary/aromatic N) is 1. The molecule has 1 aromatic rings. The van der Waals surface area contributed by atoms with Crippen molar-refractivity contribution in [1.29, 1.82) is 0 Å². The van der Waals surface area contributed by atoms with Crippen molar-refractivity contribution < 1.29 is 53.7 Å². The van der Waals surface area contributed by atoms with Gasteiger partial charge in [0.15, 0.2) is 0 Å². The molecule has 11 N–H and O–H groups in total. The normalized spacial score (nSPS) is 18.3. The molecule has 10 atom stereocenters. The number of aliphatic hydroxyl groups is 3. The van der Waals surface area contributed by atoms with E-state index in [1.807, 2.05) is 6.92 Å². The second-order valence-corrected chi connectivity index (χ2v) is 16.7. The molecule has 8 amide bonds. The van der Waals surface area contributed by atoms with E-state index in [9.17, 15) is 53.7 Å². The Balaban J connectivity index is 2.43. The van der Waals surface area contributed by atoms with Gasteiger partial charge in [-0.2, -0.15) is 0 Å². The van der Waals surface area contributed by atoms with Crippen molar-refractivity contribution in [1.82, 2.24) is 36.8 Å². The molecule has 1 fully saturated rings. The summed E-state index contributed by atoms with van der Waals surface area (Å²) in [7, 11) is 0. The number of hydrogen-bond acceptors (Lipinski definition) is 11. The van der Waals surface area contributed by atoms with Crippen molar-refractivity contribution in [3.8, 4) is 0 Å².